The zero-order valence-corrected chi connectivity index (χ0v) is 18.8. The fourth-order valence-electron chi connectivity index (χ4n) is 4.26. The summed E-state index contributed by atoms with van der Waals surface area (Å²) in [6.07, 6.45) is 0.814. The summed E-state index contributed by atoms with van der Waals surface area (Å²) in [7, 11) is 1.64. The minimum Gasteiger partial charge on any atom is -0.497 e. The van der Waals surface area contributed by atoms with Gasteiger partial charge in [-0.1, -0.05) is 12.1 Å². The number of ether oxygens (including phenoxy) is 2. The van der Waals surface area contributed by atoms with Crippen molar-refractivity contribution in [2.75, 3.05) is 46.4 Å². The quantitative estimate of drug-likeness (QED) is 0.701. The molecule has 1 saturated heterocycles. The standard InChI is InChI=1S/C24H30N2O3.ClH/c1-17-4-6-21(14-18(17)2)29-13-12-25-8-10-26(11-9-25)23-15-19-5-7-20(28-3)16-22(19)24(23)27;/h4-7,14,16,23H,8-13,15H2,1-3H3;1H. The van der Waals surface area contributed by atoms with Gasteiger partial charge in [-0.2, -0.15) is 0 Å². The van der Waals surface area contributed by atoms with Crippen molar-refractivity contribution in [2.24, 2.45) is 0 Å². The first-order valence-corrected chi connectivity index (χ1v) is 10.4. The van der Waals surface area contributed by atoms with E-state index in [1.54, 1.807) is 7.11 Å². The lowest BCUT2D eigenvalue weighted by Gasteiger charge is -2.37. The number of rotatable bonds is 6. The monoisotopic (exact) mass is 430 g/mol. The predicted octanol–water partition coefficient (Wildman–Crippen LogP) is 3.54. The van der Waals surface area contributed by atoms with Gasteiger partial charge in [-0.15, -0.1) is 12.4 Å². The Kier molecular flexibility index (Phi) is 7.40. The van der Waals surface area contributed by atoms with Crippen LogP contribution in [0.25, 0.3) is 0 Å². The zero-order valence-electron chi connectivity index (χ0n) is 18.0. The second kappa shape index (κ2) is 9.82. The second-order valence-corrected chi connectivity index (χ2v) is 8.08. The van der Waals surface area contributed by atoms with Gasteiger partial charge in [0.1, 0.15) is 18.1 Å². The number of ketones is 1. The third-order valence-corrected chi connectivity index (χ3v) is 6.30. The molecule has 1 heterocycles. The Hall–Kier alpha value is -2.08. The number of fused-ring (bicyclic) bond motifs is 1. The smallest absolute Gasteiger partial charge is 0.180 e. The van der Waals surface area contributed by atoms with Gasteiger partial charge >= 0.3 is 0 Å². The van der Waals surface area contributed by atoms with E-state index >= 15 is 0 Å². The van der Waals surface area contributed by atoms with Crippen LogP contribution in [0.4, 0.5) is 0 Å². The van der Waals surface area contributed by atoms with Crippen molar-refractivity contribution in [1.29, 1.82) is 0 Å². The summed E-state index contributed by atoms with van der Waals surface area (Å²) in [5.41, 5.74) is 4.52. The summed E-state index contributed by atoms with van der Waals surface area (Å²) in [5, 5.41) is 0. The zero-order chi connectivity index (χ0) is 20.4. The molecule has 6 heteroatoms. The average molecular weight is 431 g/mol. The number of methoxy groups -OCH3 is 1. The molecule has 162 valence electrons. The molecule has 1 unspecified atom stereocenters. The Morgan fingerprint density at radius 3 is 2.40 bits per heavy atom. The molecule has 0 radical (unpaired) electrons. The van der Waals surface area contributed by atoms with Gasteiger partial charge in [-0.25, -0.2) is 0 Å². The van der Waals surface area contributed by atoms with Gasteiger partial charge in [0.05, 0.1) is 13.2 Å². The fraction of sp³-hybridized carbons (Fsp3) is 0.458. The van der Waals surface area contributed by atoms with E-state index in [4.69, 9.17) is 9.47 Å². The third-order valence-electron chi connectivity index (χ3n) is 6.30. The predicted molar refractivity (Wildman–Crippen MR) is 121 cm³/mol. The largest absolute Gasteiger partial charge is 0.497 e. The first kappa shape index (κ1) is 22.6. The number of halogens is 1. The Labute approximate surface area is 185 Å². The van der Waals surface area contributed by atoms with Crippen LogP contribution in [0.1, 0.15) is 27.0 Å². The first-order chi connectivity index (χ1) is 14.0. The highest BCUT2D eigenvalue weighted by atomic mass is 35.5. The first-order valence-electron chi connectivity index (χ1n) is 10.4. The number of carbonyl (C=O) groups excluding carboxylic acids is 1. The molecule has 4 rings (SSSR count). The molecule has 0 aromatic heterocycles. The van der Waals surface area contributed by atoms with Gasteiger partial charge in [0, 0.05) is 38.3 Å². The lowest BCUT2D eigenvalue weighted by molar-refractivity contribution is 0.0667. The molecule has 2 aromatic rings. The van der Waals surface area contributed by atoms with Gasteiger partial charge < -0.3 is 9.47 Å². The summed E-state index contributed by atoms with van der Waals surface area (Å²) in [5.74, 6) is 1.94. The molecule has 0 saturated carbocycles. The van der Waals surface area contributed by atoms with Gasteiger partial charge in [-0.05, 0) is 61.2 Å². The molecular weight excluding hydrogens is 400 g/mol. The molecule has 1 aliphatic carbocycles. The van der Waals surface area contributed by atoms with Crippen LogP contribution in [0.15, 0.2) is 36.4 Å². The number of carbonyl (C=O) groups is 1. The van der Waals surface area contributed by atoms with Crippen molar-refractivity contribution < 1.29 is 14.3 Å². The number of benzene rings is 2. The molecule has 1 atom stereocenters. The second-order valence-electron chi connectivity index (χ2n) is 8.08. The number of hydrogen-bond acceptors (Lipinski definition) is 5. The number of piperazine rings is 1. The molecule has 0 bridgehead atoms. The molecule has 0 spiro atoms. The normalized spacial score (nSPS) is 19.3. The maximum absolute atomic E-state index is 12.9. The summed E-state index contributed by atoms with van der Waals surface area (Å²) >= 11 is 0. The van der Waals surface area contributed by atoms with Crippen molar-refractivity contribution in [3.63, 3.8) is 0 Å². The molecular formula is C24H31ClN2O3. The molecule has 0 N–H and O–H groups in total. The third kappa shape index (κ3) is 4.80. The summed E-state index contributed by atoms with van der Waals surface area (Å²) in [4.78, 5) is 17.7. The van der Waals surface area contributed by atoms with Gasteiger partial charge in [0.25, 0.3) is 0 Å². The average Bonchev–Trinajstić information content (AvgIpc) is 3.07. The highest BCUT2D eigenvalue weighted by molar-refractivity contribution is 6.04. The van der Waals surface area contributed by atoms with E-state index in [1.165, 1.54) is 11.1 Å². The van der Waals surface area contributed by atoms with Crippen LogP contribution in [-0.4, -0.2) is 68.1 Å². The van der Waals surface area contributed by atoms with Crippen molar-refractivity contribution in [3.05, 3.63) is 58.7 Å². The van der Waals surface area contributed by atoms with Crippen LogP contribution in [0.5, 0.6) is 11.5 Å². The van der Waals surface area contributed by atoms with Crippen molar-refractivity contribution >= 4 is 18.2 Å². The number of nitrogens with zero attached hydrogens (tertiary/aromatic N) is 2. The Bertz CT molecular complexity index is 894. The molecule has 1 fully saturated rings. The van der Waals surface area contributed by atoms with E-state index in [0.29, 0.717) is 6.61 Å². The highest BCUT2D eigenvalue weighted by Crippen LogP contribution is 2.29. The van der Waals surface area contributed by atoms with Gasteiger partial charge in [0.2, 0.25) is 0 Å². The molecule has 30 heavy (non-hydrogen) atoms. The van der Waals surface area contributed by atoms with E-state index in [0.717, 1.165) is 61.8 Å². The fourth-order valence-corrected chi connectivity index (χ4v) is 4.26. The molecule has 0 amide bonds. The van der Waals surface area contributed by atoms with Crippen LogP contribution in [0.3, 0.4) is 0 Å². The number of aryl methyl sites for hydroxylation is 2. The molecule has 2 aliphatic rings. The van der Waals surface area contributed by atoms with Gasteiger partial charge in [-0.3, -0.25) is 14.6 Å². The SMILES string of the molecule is COc1ccc2c(c1)C(=O)C(N1CCN(CCOc3ccc(C)c(C)c3)CC1)C2.Cl. The van der Waals surface area contributed by atoms with Gasteiger partial charge in [0.15, 0.2) is 5.78 Å². The van der Waals surface area contributed by atoms with Crippen LogP contribution < -0.4 is 9.47 Å². The topological polar surface area (TPSA) is 42.0 Å². The van der Waals surface area contributed by atoms with E-state index in [-0.39, 0.29) is 24.2 Å². The number of hydrogen-bond donors (Lipinski definition) is 0. The Morgan fingerprint density at radius 1 is 0.967 bits per heavy atom. The number of Topliss-reactive ketones (excluding diaryl/α,β-unsaturated/α-hetero) is 1. The summed E-state index contributed by atoms with van der Waals surface area (Å²) < 4.78 is 11.2. The van der Waals surface area contributed by atoms with Crippen LogP contribution in [0.2, 0.25) is 0 Å². The molecule has 5 nitrogen and oxygen atoms in total. The highest BCUT2D eigenvalue weighted by Gasteiger charge is 2.36. The van der Waals surface area contributed by atoms with E-state index in [9.17, 15) is 4.79 Å². The maximum atomic E-state index is 12.9. The van der Waals surface area contributed by atoms with Crippen LogP contribution in [-0.2, 0) is 6.42 Å². The van der Waals surface area contributed by atoms with E-state index in [2.05, 4.69) is 35.8 Å². The minimum atomic E-state index is -0.0222. The summed E-state index contributed by atoms with van der Waals surface area (Å²) in [6.45, 7) is 9.62. The minimum absolute atomic E-state index is 0. The van der Waals surface area contributed by atoms with E-state index < -0.39 is 0 Å². The lowest BCUT2D eigenvalue weighted by atomic mass is 10.1. The van der Waals surface area contributed by atoms with Crippen LogP contribution in [0, 0.1) is 13.8 Å². The lowest BCUT2D eigenvalue weighted by Crippen LogP contribution is -2.52. The summed E-state index contributed by atoms with van der Waals surface area (Å²) in [6, 6.07) is 12.1. The van der Waals surface area contributed by atoms with Crippen molar-refractivity contribution in [3.8, 4) is 11.5 Å². The maximum Gasteiger partial charge on any atom is 0.180 e. The van der Waals surface area contributed by atoms with Crippen LogP contribution >= 0.6 is 12.4 Å². The molecule has 2 aromatic carbocycles. The van der Waals surface area contributed by atoms with E-state index in [1.807, 2.05) is 24.3 Å². The molecule has 1 aliphatic heterocycles. The van der Waals surface area contributed by atoms with Crippen molar-refractivity contribution in [1.82, 2.24) is 9.80 Å². The Balaban J connectivity index is 0.00000256. The Morgan fingerprint density at radius 2 is 1.70 bits per heavy atom. The van der Waals surface area contributed by atoms with Crippen molar-refractivity contribution in [2.45, 2.75) is 26.3 Å².